The average molecular weight is 415 g/mol. The van der Waals surface area contributed by atoms with Crippen LogP contribution < -0.4 is 0 Å². The van der Waals surface area contributed by atoms with Crippen LogP contribution in [-0.4, -0.2) is 30.1 Å². The molecule has 0 spiro atoms. The number of carbonyl (C=O) groups is 1. The van der Waals surface area contributed by atoms with Crippen molar-refractivity contribution in [1.82, 2.24) is 4.90 Å². The molecule has 0 aromatic heterocycles. The molecule has 1 amide bonds. The molecule has 3 atom stereocenters. The van der Waals surface area contributed by atoms with E-state index in [-0.39, 0.29) is 30.0 Å². The first kappa shape index (κ1) is 21.3. The first-order valence-corrected chi connectivity index (χ1v) is 10.0. The van der Waals surface area contributed by atoms with Gasteiger partial charge in [-0.2, -0.15) is 5.26 Å². The minimum absolute atomic E-state index is 0.0118. The van der Waals surface area contributed by atoms with Gasteiger partial charge in [0.2, 0.25) is 0 Å². The van der Waals surface area contributed by atoms with E-state index in [1.165, 1.54) is 12.1 Å². The molecule has 1 aliphatic rings. The first-order chi connectivity index (χ1) is 13.8. The number of likely N-dealkylation sites (N-methyl/N-ethyl adjacent to an activating group) is 1. The van der Waals surface area contributed by atoms with Crippen molar-refractivity contribution in [3.63, 3.8) is 0 Å². The quantitative estimate of drug-likeness (QED) is 0.698. The Morgan fingerprint density at radius 2 is 1.93 bits per heavy atom. The highest BCUT2D eigenvalue weighted by Crippen LogP contribution is 2.35. The van der Waals surface area contributed by atoms with Crippen LogP contribution >= 0.6 is 11.6 Å². The predicted molar refractivity (Wildman–Crippen MR) is 110 cm³/mol. The Balaban J connectivity index is 1.87. The number of rotatable bonds is 5. The molecule has 0 aliphatic carbocycles. The lowest BCUT2D eigenvalue weighted by molar-refractivity contribution is -0.171. The number of carbonyl (C=O) groups excluding carboxylic acids is 1. The van der Waals surface area contributed by atoms with Gasteiger partial charge in [0.25, 0.3) is 5.91 Å². The van der Waals surface area contributed by atoms with Gasteiger partial charge in [0.15, 0.2) is 0 Å². The van der Waals surface area contributed by atoms with Crippen LogP contribution in [0.4, 0.5) is 4.39 Å². The number of hydrogen-bond donors (Lipinski definition) is 0. The summed E-state index contributed by atoms with van der Waals surface area (Å²) in [6.07, 6.45) is 0.156. The third-order valence-corrected chi connectivity index (χ3v) is 5.47. The first-order valence-electron chi connectivity index (χ1n) is 9.66. The summed E-state index contributed by atoms with van der Waals surface area (Å²) in [6, 6.07) is 13.5. The highest BCUT2D eigenvalue weighted by atomic mass is 35.5. The third-order valence-electron chi connectivity index (χ3n) is 5.22. The van der Waals surface area contributed by atoms with Gasteiger partial charge in [-0.1, -0.05) is 43.6 Å². The van der Waals surface area contributed by atoms with E-state index >= 15 is 0 Å². The molecule has 0 bridgehead atoms. The Hall–Kier alpha value is -2.42. The Labute approximate surface area is 175 Å². The van der Waals surface area contributed by atoms with Gasteiger partial charge < -0.3 is 9.64 Å². The second-order valence-corrected chi connectivity index (χ2v) is 8.30. The van der Waals surface area contributed by atoms with E-state index in [0.717, 1.165) is 12.0 Å². The van der Waals surface area contributed by atoms with Gasteiger partial charge in [0.05, 0.1) is 17.7 Å². The SMILES string of the molecule is CC(C)C[C@H]1O[C@H](Cc2ccc(C#N)c(F)c2)C(=O)N(C)[C@H]1c1ccc(Cl)cc1. The summed E-state index contributed by atoms with van der Waals surface area (Å²) in [7, 11) is 1.78. The lowest BCUT2D eigenvalue weighted by atomic mass is 9.90. The fourth-order valence-electron chi connectivity index (χ4n) is 3.83. The van der Waals surface area contributed by atoms with E-state index in [9.17, 15) is 9.18 Å². The van der Waals surface area contributed by atoms with Crippen LogP contribution in [0.3, 0.4) is 0 Å². The number of nitrogens with zero attached hydrogens (tertiary/aromatic N) is 2. The number of morpholine rings is 1. The Morgan fingerprint density at radius 1 is 1.24 bits per heavy atom. The van der Waals surface area contributed by atoms with Crippen LogP contribution in [0.25, 0.3) is 0 Å². The van der Waals surface area contributed by atoms with Crippen LogP contribution in [0.15, 0.2) is 42.5 Å². The molecule has 2 aromatic carbocycles. The largest absolute Gasteiger partial charge is 0.362 e. The maximum Gasteiger partial charge on any atom is 0.252 e. The van der Waals surface area contributed by atoms with Gasteiger partial charge >= 0.3 is 0 Å². The van der Waals surface area contributed by atoms with E-state index < -0.39 is 11.9 Å². The molecule has 2 aromatic rings. The maximum atomic E-state index is 14.0. The van der Waals surface area contributed by atoms with E-state index in [0.29, 0.717) is 16.5 Å². The van der Waals surface area contributed by atoms with Crippen LogP contribution in [-0.2, 0) is 16.0 Å². The zero-order valence-corrected chi connectivity index (χ0v) is 17.5. The minimum Gasteiger partial charge on any atom is -0.362 e. The van der Waals surface area contributed by atoms with Crippen molar-refractivity contribution in [3.05, 3.63) is 70.0 Å². The van der Waals surface area contributed by atoms with Gasteiger partial charge in [-0.25, -0.2) is 4.39 Å². The number of halogens is 2. The minimum atomic E-state index is -0.695. The molecule has 0 unspecified atom stereocenters. The molecule has 4 nitrogen and oxygen atoms in total. The fraction of sp³-hybridized carbons (Fsp3) is 0.391. The smallest absolute Gasteiger partial charge is 0.252 e. The predicted octanol–water partition coefficient (Wildman–Crippen LogP) is 4.91. The van der Waals surface area contributed by atoms with Crippen molar-refractivity contribution < 1.29 is 13.9 Å². The topological polar surface area (TPSA) is 53.3 Å². The maximum absolute atomic E-state index is 14.0. The molecule has 6 heteroatoms. The lowest BCUT2D eigenvalue weighted by Crippen LogP contribution is -2.53. The van der Waals surface area contributed by atoms with Crippen molar-refractivity contribution in [1.29, 1.82) is 5.26 Å². The molecule has 0 N–H and O–H groups in total. The van der Waals surface area contributed by atoms with Crippen LogP contribution in [0.1, 0.15) is 43.0 Å². The Kier molecular flexibility index (Phi) is 6.56. The number of hydrogen-bond acceptors (Lipinski definition) is 3. The molecular weight excluding hydrogens is 391 g/mol. The summed E-state index contributed by atoms with van der Waals surface area (Å²) in [5.74, 6) is -0.349. The normalized spacial score (nSPS) is 22.0. The van der Waals surface area contributed by atoms with Crippen molar-refractivity contribution in [2.75, 3.05) is 7.05 Å². The summed E-state index contributed by atoms with van der Waals surface area (Å²) in [6.45, 7) is 4.23. The van der Waals surface area contributed by atoms with Gasteiger partial charge in [0.1, 0.15) is 18.0 Å². The second-order valence-electron chi connectivity index (χ2n) is 7.87. The van der Waals surface area contributed by atoms with Crippen molar-refractivity contribution in [2.24, 2.45) is 5.92 Å². The van der Waals surface area contributed by atoms with Crippen LogP contribution in [0.2, 0.25) is 5.02 Å². The Bertz CT molecular complexity index is 923. The van der Waals surface area contributed by atoms with Crippen molar-refractivity contribution >= 4 is 17.5 Å². The van der Waals surface area contributed by atoms with Gasteiger partial charge in [-0.15, -0.1) is 0 Å². The molecule has 3 rings (SSSR count). The van der Waals surface area contributed by atoms with E-state index in [2.05, 4.69) is 13.8 Å². The van der Waals surface area contributed by atoms with Crippen LogP contribution in [0, 0.1) is 23.1 Å². The molecule has 1 heterocycles. The number of benzene rings is 2. The summed E-state index contributed by atoms with van der Waals surface area (Å²) < 4.78 is 20.2. The molecule has 1 saturated heterocycles. The fourth-order valence-corrected chi connectivity index (χ4v) is 3.96. The summed E-state index contributed by atoms with van der Waals surface area (Å²) in [4.78, 5) is 14.8. The van der Waals surface area contributed by atoms with Gasteiger partial charge in [-0.3, -0.25) is 4.79 Å². The van der Waals surface area contributed by atoms with E-state index in [4.69, 9.17) is 21.6 Å². The molecule has 0 saturated carbocycles. The lowest BCUT2D eigenvalue weighted by Gasteiger charge is -2.43. The molecule has 152 valence electrons. The molecule has 0 radical (unpaired) electrons. The van der Waals surface area contributed by atoms with E-state index in [1.807, 2.05) is 30.3 Å². The van der Waals surface area contributed by atoms with E-state index in [1.54, 1.807) is 18.0 Å². The zero-order chi connectivity index (χ0) is 21.1. The third kappa shape index (κ3) is 4.77. The monoisotopic (exact) mass is 414 g/mol. The molecular formula is C23H24ClFN2O2. The average Bonchev–Trinajstić information content (AvgIpc) is 2.67. The number of nitriles is 1. The van der Waals surface area contributed by atoms with Crippen LogP contribution in [0.5, 0.6) is 0 Å². The molecule has 29 heavy (non-hydrogen) atoms. The van der Waals surface area contributed by atoms with Gasteiger partial charge in [-0.05, 0) is 47.7 Å². The highest BCUT2D eigenvalue weighted by molar-refractivity contribution is 6.30. The summed E-state index contributed by atoms with van der Waals surface area (Å²) in [5, 5.41) is 9.54. The highest BCUT2D eigenvalue weighted by Gasteiger charge is 2.41. The number of amides is 1. The van der Waals surface area contributed by atoms with Crippen molar-refractivity contribution in [2.45, 2.75) is 44.9 Å². The van der Waals surface area contributed by atoms with Gasteiger partial charge in [0, 0.05) is 18.5 Å². The summed E-state index contributed by atoms with van der Waals surface area (Å²) >= 11 is 6.02. The van der Waals surface area contributed by atoms with Crippen molar-refractivity contribution in [3.8, 4) is 6.07 Å². The Morgan fingerprint density at radius 3 is 2.52 bits per heavy atom. The standard InChI is InChI=1S/C23H24ClFN2O2/c1-14(2)10-20-22(16-6-8-18(24)9-7-16)27(3)23(28)21(29-20)12-15-4-5-17(13-26)19(25)11-15/h4-9,11,14,20-22H,10,12H2,1-3H3/t20-,21-,22+/m1/s1. The molecule has 1 aliphatic heterocycles. The molecule has 1 fully saturated rings. The zero-order valence-electron chi connectivity index (χ0n) is 16.7. The summed E-state index contributed by atoms with van der Waals surface area (Å²) in [5.41, 5.74) is 1.59. The number of ether oxygens (including phenoxy) is 1. The second kappa shape index (κ2) is 8.94.